The first-order valence-electron chi connectivity index (χ1n) is 9.14. The van der Waals surface area contributed by atoms with Crippen LogP contribution in [0.2, 0.25) is 0 Å². The number of ketones is 1. The summed E-state index contributed by atoms with van der Waals surface area (Å²) in [6.45, 7) is 2.53. The normalized spacial score (nSPS) is 14.2. The second-order valence-electron chi connectivity index (χ2n) is 6.74. The third-order valence-corrected chi connectivity index (χ3v) is 6.53. The molecule has 0 saturated heterocycles. The summed E-state index contributed by atoms with van der Waals surface area (Å²) in [4.78, 5) is 14.4. The molecule has 0 fully saturated rings. The first-order valence-corrected chi connectivity index (χ1v) is 11.0. The average molecular weight is 514 g/mol. The van der Waals surface area contributed by atoms with Gasteiger partial charge in [-0.1, -0.05) is 53.7 Å². The Hall–Kier alpha value is -2.25. The molecule has 1 aliphatic heterocycles. The Morgan fingerprint density at radius 1 is 1.07 bits per heavy atom. The van der Waals surface area contributed by atoms with E-state index in [1.807, 2.05) is 42.5 Å². The van der Waals surface area contributed by atoms with E-state index in [2.05, 4.69) is 53.8 Å². The number of hydrogen-bond donors (Lipinski definition) is 0. The highest BCUT2D eigenvalue weighted by Crippen LogP contribution is 2.42. The van der Waals surface area contributed by atoms with E-state index in [1.54, 1.807) is 7.11 Å². The van der Waals surface area contributed by atoms with E-state index in [-0.39, 0.29) is 5.78 Å². The summed E-state index contributed by atoms with van der Waals surface area (Å²) in [7, 11) is 1.63. The van der Waals surface area contributed by atoms with Crippen LogP contribution >= 0.6 is 34.4 Å². The van der Waals surface area contributed by atoms with Crippen molar-refractivity contribution in [2.24, 2.45) is 0 Å². The van der Waals surface area contributed by atoms with E-state index in [9.17, 15) is 4.79 Å². The van der Waals surface area contributed by atoms with Gasteiger partial charge in [0.05, 0.1) is 15.6 Å². The van der Waals surface area contributed by atoms with Gasteiger partial charge in [-0.25, -0.2) is 0 Å². The zero-order valence-electron chi connectivity index (χ0n) is 16.1. The summed E-state index contributed by atoms with van der Waals surface area (Å²) >= 11 is 3.76. The number of Topliss-reactive ketones (excluding diaryl/α,β-unsaturated/α-hetero) is 1. The zero-order chi connectivity index (χ0) is 20.4. The maximum atomic E-state index is 12.6. The Morgan fingerprint density at radius 3 is 2.55 bits per heavy atom. The summed E-state index contributed by atoms with van der Waals surface area (Å²) < 4.78 is 12.6. The van der Waals surface area contributed by atoms with Crippen LogP contribution in [0.15, 0.2) is 70.5 Å². The molecule has 29 heavy (non-hydrogen) atoms. The number of rotatable bonds is 5. The second-order valence-corrected chi connectivity index (χ2v) is 8.99. The molecule has 0 saturated carbocycles. The predicted molar refractivity (Wildman–Crippen MR) is 126 cm³/mol. The lowest BCUT2D eigenvalue weighted by Gasteiger charge is -2.14. The van der Waals surface area contributed by atoms with Gasteiger partial charge in [0.25, 0.3) is 0 Å². The molecular weight excluding hydrogens is 495 g/mol. The Morgan fingerprint density at radius 2 is 1.83 bits per heavy atom. The smallest absolute Gasteiger partial charge is 0.200 e. The van der Waals surface area contributed by atoms with Crippen LogP contribution in [0.3, 0.4) is 0 Å². The summed E-state index contributed by atoms with van der Waals surface area (Å²) in [5.74, 6) is 1.44. The van der Waals surface area contributed by atoms with Gasteiger partial charge in [-0.05, 0) is 71.0 Å². The van der Waals surface area contributed by atoms with Crippen molar-refractivity contribution in [3.8, 4) is 11.5 Å². The van der Waals surface area contributed by atoms with Crippen LogP contribution in [0.25, 0.3) is 6.08 Å². The van der Waals surface area contributed by atoms with Gasteiger partial charge in [0.15, 0.2) is 11.5 Å². The maximum absolute atomic E-state index is 12.6. The lowest BCUT2D eigenvalue weighted by Crippen LogP contribution is -2.00. The number of ether oxygens (including phenoxy) is 2. The molecule has 0 amide bonds. The number of halogens is 1. The van der Waals surface area contributed by atoms with Crippen LogP contribution in [-0.2, 0) is 6.61 Å². The molecule has 0 aliphatic carbocycles. The van der Waals surface area contributed by atoms with E-state index in [0.717, 1.165) is 30.1 Å². The number of benzene rings is 3. The third kappa shape index (κ3) is 4.36. The van der Waals surface area contributed by atoms with Crippen molar-refractivity contribution < 1.29 is 14.3 Å². The molecular formula is C24H19IO3S. The maximum Gasteiger partial charge on any atom is 0.200 e. The van der Waals surface area contributed by atoms with Gasteiger partial charge in [0, 0.05) is 10.5 Å². The minimum atomic E-state index is 0.0688. The number of aryl methyl sites for hydroxylation is 1. The Balaban J connectivity index is 1.58. The summed E-state index contributed by atoms with van der Waals surface area (Å²) in [6, 6.07) is 19.9. The highest BCUT2D eigenvalue weighted by Gasteiger charge is 2.25. The molecule has 0 aromatic heterocycles. The number of fused-ring (bicyclic) bond motifs is 1. The highest BCUT2D eigenvalue weighted by molar-refractivity contribution is 14.1. The van der Waals surface area contributed by atoms with Crippen LogP contribution < -0.4 is 9.47 Å². The largest absolute Gasteiger partial charge is 0.493 e. The fraction of sp³-hybridized carbons (Fsp3) is 0.125. The van der Waals surface area contributed by atoms with Gasteiger partial charge in [-0.2, -0.15) is 0 Å². The molecule has 146 valence electrons. The fourth-order valence-corrected chi connectivity index (χ4v) is 4.92. The van der Waals surface area contributed by atoms with Gasteiger partial charge < -0.3 is 9.47 Å². The van der Waals surface area contributed by atoms with Gasteiger partial charge in [0.2, 0.25) is 5.78 Å². The van der Waals surface area contributed by atoms with Gasteiger partial charge >= 0.3 is 0 Å². The fourth-order valence-electron chi connectivity index (χ4n) is 3.09. The molecule has 0 unspecified atom stereocenters. The first-order chi connectivity index (χ1) is 14.0. The third-order valence-electron chi connectivity index (χ3n) is 4.63. The second kappa shape index (κ2) is 8.63. The predicted octanol–water partition coefficient (Wildman–Crippen LogP) is 6.52. The summed E-state index contributed by atoms with van der Waals surface area (Å²) in [6.07, 6.45) is 1.92. The van der Waals surface area contributed by atoms with Crippen molar-refractivity contribution in [3.63, 3.8) is 0 Å². The molecule has 0 spiro atoms. The zero-order valence-corrected chi connectivity index (χ0v) is 19.0. The lowest BCUT2D eigenvalue weighted by atomic mass is 10.1. The molecule has 0 N–H and O–H groups in total. The SMILES string of the molecule is COc1cc(/C=C2/Sc3ccccc3C2=O)cc(I)c1OCc1ccc(C)cc1. The van der Waals surface area contributed by atoms with Crippen LogP contribution in [0, 0.1) is 10.5 Å². The number of methoxy groups -OCH3 is 1. The average Bonchev–Trinajstić information content (AvgIpc) is 3.04. The standard InChI is InChI=1S/C24H19IO3S/c1-15-7-9-16(10-8-15)14-28-24-19(25)11-17(12-20(24)27-2)13-22-23(26)18-5-3-4-6-21(18)29-22/h3-13H,14H2,1-2H3/b22-13+. The van der Waals surface area contributed by atoms with E-state index in [4.69, 9.17) is 9.47 Å². The molecule has 1 heterocycles. The lowest BCUT2D eigenvalue weighted by molar-refractivity contribution is 0.104. The quantitative estimate of drug-likeness (QED) is 0.287. The number of thioether (sulfide) groups is 1. The molecule has 3 nitrogen and oxygen atoms in total. The number of hydrogen-bond acceptors (Lipinski definition) is 4. The van der Waals surface area contributed by atoms with Crippen molar-refractivity contribution in [2.45, 2.75) is 18.4 Å². The summed E-state index contributed by atoms with van der Waals surface area (Å²) in [5, 5.41) is 0. The monoisotopic (exact) mass is 514 g/mol. The minimum Gasteiger partial charge on any atom is -0.493 e. The molecule has 3 aromatic carbocycles. The van der Waals surface area contributed by atoms with Crippen molar-refractivity contribution in [1.82, 2.24) is 0 Å². The highest BCUT2D eigenvalue weighted by atomic mass is 127. The minimum absolute atomic E-state index is 0.0688. The van der Waals surface area contributed by atoms with Crippen LogP contribution in [0.5, 0.6) is 11.5 Å². The molecule has 0 atom stereocenters. The van der Waals surface area contributed by atoms with Crippen molar-refractivity contribution in [3.05, 3.63) is 91.4 Å². The first kappa shape index (κ1) is 20.0. The number of carbonyl (C=O) groups is 1. The van der Waals surface area contributed by atoms with E-state index in [0.29, 0.717) is 18.1 Å². The van der Waals surface area contributed by atoms with Gasteiger partial charge in [0.1, 0.15) is 6.61 Å². The molecule has 0 bridgehead atoms. The van der Waals surface area contributed by atoms with Crippen LogP contribution in [0.4, 0.5) is 0 Å². The van der Waals surface area contributed by atoms with Crippen LogP contribution in [0.1, 0.15) is 27.0 Å². The Kier molecular flexibility index (Phi) is 5.96. The van der Waals surface area contributed by atoms with E-state index in [1.165, 1.54) is 17.3 Å². The van der Waals surface area contributed by atoms with Gasteiger partial charge in [-0.15, -0.1) is 0 Å². The topological polar surface area (TPSA) is 35.5 Å². The number of carbonyl (C=O) groups excluding carboxylic acids is 1. The molecule has 5 heteroatoms. The van der Waals surface area contributed by atoms with Gasteiger partial charge in [-0.3, -0.25) is 4.79 Å². The molecule has 4 rings (SSSR count). The van der Waals surface area contributed by atoms with E-state index >= 15 is 0 Å². The summed E-state index contributed by atoms with van der Waals surface area (Å²) in [5.41, 5.74) is 4.01. The van der Waals surface area contributed by atoms with Crippen molar-refractivity contribution in [1.29, 1.82) is 0 Å². The molecule has 0 radical (unpaired) electrons. The number of allylic oxidation sites excluding steroid dienone is 1. The van der Waals surface area contributed by atoms with Crippen LogP contribution in [-0.4, -0.2) is 12.9 Å². The molecule has 3 aromatic rings. The van der Waals surface area contributed by atoms with E-state index < -0.39 is 0 Å². The van der Waals surface area contributed by atoms with Crippen molar-refractivity contribution in [2.75, 3.05) is 7.11 Å². The Bertz CT molecular complexity index is 1100. The molecule has 1 aliphatic rings. The Labute approximate surface area is 188 Å². The van der Waals surface area contributed by atoms with Crippen molar-refractivity contribution >= 4 is 46.2 Å².